The largest absolute Gasteiger partial charge is 0.475 e. The molecule has 37 heavy (non-hydrogen) atoms. The zero-order chi connectivity index (χ0) is 25.7. The van der Waals surface area contributed by atoms with Crippen molar-refractivity contribution in [1.82, 2.24) is 4.90 Å². The van der Waals surface area contributed by atoms with Gasteiger partial charge in [-0.1, -0.05) is 24.3 Å². The zero-order valence-corrected chi connectivity index (χ0v) is 21.7. The van der Waals surface area contributed by atoms with Gasteiger partial charge in [0.05, 0.1) is 12.2 Å². The zero-order valence-electron chi connectivity index (χ0n) is 20.9. The lowest BCUT2D eigenvalue weighted by Crippen LogP contribution is -2.48. The van der Waals surface area contributed by atoms with Crippen LogP contribution in [0.4, 0.5) is 8.78 Å². The number of rotatable bonds is 8. The van der Waals surface area contributed by atoms with Gasteiger partial charge in [0.1, 0.15) is 29.2 Å². The van der Waals surface area contributed by atoms with Gasteiger partial charge in [-0.2, -0.15) is 0 Å². The number of piperidine rings is 1. The summed E-state index contributed by atoms with van der Waals surface area (Å²) >= 11 is 0. The fraction of sp³-hybridized carbons (Fsp3) is 0.345. The van der Waals surface area contributed by atoms with Crippen LogP contribution < -0.4 is 4.74 Å². The van der Waals surface area contributed by atoms with Gasteiger partial charge in [0.15, 0.2) is 0 Å². The lowest BCUT2D eigenvalue weighted by Gasteiger charge is -2.43. The molecule has 3 aromatic rings. The molecule has 4 rings (SSSR count). The van der Waals surface area contributed by atoms with Crippen molar-refractivity contribution >= 4 is 18.4 Å². The average molecular weight is 532 g/mol. The standard InChI is InChI=1S/C29H31F2NO4.ClH/c1-3-35-28(33)21-4-14-27(15-5-21)36-20(2)32-18-16-24(17-19-32)29(34,22-6-10-25(30)11-7-22)23-8-12-26(31)13-9-23;/h4-15,20,24,34H,3,16-19H2,1-2H3;1H. The van der Waals surface area contributed by atoms with Crippen LogP contribution in [-0.2, 0) is 10.3 Å². The Hall–Kier alpha value is -3.00. The van der Waals surface area contributed by atoms with Gasteiger partial charge in [0, 0.05) is 13.1 Å². The van der Waals surface area contributed by atoms with Crippen molar-refractivity contribution in [1.29, 1.82) is 0 Å². The van der Waals surface area contributed by atoms with Crippen molar-refractivity contribution in [3.8, 4) is 5.75 Å². The Balaban J connectivity index is 0.00000380. The van der Waals surface area contributed by atoms with Crippen molar-refractivity contribution < 1.29 is 28.2 Å². The lowest BCUT2D eigenvalue weighted by molar-refractivity contribution is -0.0438. The van der Waals surface area contributed by atoms with Crippen LogP contribution in [0.3, 0.4) is 0 Å². The van der Waals surface area contributed by atoms with Crippen LogP contribution in [0.2, 0.25) is 0 Å². The van der Waals surface area contributed by atoms with Crippen molar-refractivity contribution in [3.05, 3.63) is 101 Å². The molecule has 1 heterocycles. The van der Waals surface area contributed by atoms with E-state index < -0.39 is 5.60 Å². The highest BCUT2D eigenvalue weighted by atomic mass is 35.5. The second-order valence-corrected chi connectivity index (χ2v) is 9.05. The van der Waals surface area contributed by atoms with Gasteiger partial charge in [-0.25, -0.2) is 13.6 Å². The molecule has 0 aromatic heterocycles. The Bertz CT molecular complexity index is 1100. The maximum absolute atomic E-state index is 13.6. The normalized spacial score (nSPS) is 15.5. The first kappa shape index (κ1) is 28.6. The molecule has 1 fully saturated rings. The fourth-order valence-corrected chi connectivity index (χ4v) is 4.88. The number of ether oxygens (including phenoxy) is 2. The van der Waals surface area contributed by atoms with Crippen LogP contribution in [0.25, 0.3) is 0 Å². The van der Waals surface area contributed by atoms with Crippen molar-refractivity contribution in [2.24, 2.45) is 5.92 Å². The minimum atomic E-state index is -1.37. The number of benzene rings is 3. The molecule has 0 aliphatic carbocycles. The van der Waals surface area contributed by atoms with Gasteiger partial charge < -0.3 is 14.6 Å². The first-order chi connectivity index (χ1) is 17.3. The molecule has 5 nitrogen and oxygen atoms in total. The molecule has 1 N–H and O–H groups in total. The number of hydrogen-bond acceptors (Lipinski definition) is 5. The van der Waals surface area contributed by atoms with E-state index in [0.717, 1.165) is 0 Å². The third-order valence-electron chi connectivity index (χ3n) is 6.88. The van der Waals surface area contributed by atoms with E-state index in [1.54, 1.807) is 55.5 Å². The summed E-state index contributed by atoms with van der Waals surface area (Å²) in [6, 6.07) is 18.6. The number of likely N-dealkylation sites (tertiary alicyclic amines) is 1. The highest BCUT2D eigenvalue weighted by Gasteiger charge is 2.42. The molecule has 0 saturated carbocycles. The summed E-state index contributed by atoms with van der Waals surface area (Å²) in [4.78, 5) is 14.0. The molecule has 0 amide bonds. The highest BCUT2D eigenvalue weighted by molar-refractivity contribution is 5.89. The first-order valence-electron chi connectivity index (χ1n) is 12.2. The minimum Gasteiger partial charge on any atom is -0.475 e. The molecule has 198 valence electrons. The Morgan fingerprint density at radius 3 is 1.89 bits per heavy atom. The molecular formula is C29H32ClF2NO4. The summed E-state index contributed by atoms with van der Waals surface area (Å²) in [5.41, 5.74) is 0.263. The number of carbonyl (C=O) groups excluding carboxylic acids is 1. The molecule has 1 saturated heterocycles. The molecule has 1 unspecified atom stereocenters. The van der Waals surface area contributed by atoms with E-state index in [4.69, 9.17) is 9.47 Å². The summed E-state index contributed by atoms with van der Waals surface area (Å²) in [6.07, 6.45) is 1.12. The Labute approximate surface area is 222 Å². The maximum atomic E-state index is 13.6. The van der Waals surface area contributed by atoms with Crippen LogP contribution >= 0.6 is 12.4 Å². The third kappa shape index (κ3) is 6.47. The van der Waals surface area contributed by atoms with E-state index in [1.807, 2.05) is 6.92 Å². The Morgan fingerprint density at radius 1 is 0.946 bits per heavy atom. The topological polar surface area (TPSA) is 59.0 Å². The summed E-state index contributed by atoms with van der Waals surface area (Å²) in [5.74, 6) is -0.630. The van der Waals surface area contributed by atoms with E-state index in [2.05, 4.69) is 4.90 Å². The summed E-state index contributed by atoms with van der Waals surface area (Å²) < 4.78 is 38.3. The predicted molar refractivity (Wildman–Crippen MR) is 140 cm³/mol. The first-order valence-corrected chi connectivity index (χ1v) is 12.2. The molecular weight excluding hydrogens is 500 g/mol. The molecule has 0 bridgehead atoms. The molecule has 3 aromatic carbocycles. The molecule has 0 radical (unpaired) electrons. The van der Waals surface area contributed by atoms with Gasteiger partial charge in [0.25, 0.3) is 0 Å². The van der Waals surface area contributed by atoms with Crippen molar-refractivity contribution in [2.75, 3.05) is 19.7 Å². The maximum Gasteiger partial charge on any atom is 0.338 e. The third-order valence-corrected chi connectivity index (χ3v) is 6.88. The van der Waals surface area contributed by atoms with E-state index in [-0.39, 0.29) is 42.2 Å². The number of aliphatic hydroxyl groups is 1. The number of nitrogens with zero attached hydrogens (tertiary/aromatic N) is 1. The van der Waals surface area contributed by atoms with Crippen LogP contribution in [0.5, 0.6) is 5.75 Å². The second-order valence-electron chi connectivity index (χ2n) is 9.05. The Morgan fingerprint density at radius 2 is 1.43 bits per heavy atom. The van der Waals surface area contributed by atoms with Gasteiger partial charge in [-0.15, -0.1) is 12.4 Å². The predicted octanol–water partition coefficient (Wildman–Crippen LogP) is 5.94. The highest BCUT2D eigenvalue weighted by Crippen LogP contribution is 2.42. The average Bonchev–Trinajstić information content (AvgIpc) is 2.89. The quantitative estimate of drug-likeness (QED) is 0.365. The van der Waals surface area contributed by atoms with Crippen LogP contribution in [0.15, 0.2) is 72.8 Å². The molecule has 1 aliphatic heterocycles. The van der Waals surface area contributed by atoms with Gasteiger partial charge in [0.2, 0.25) is 0 Å². The Kier molecular flexibility index (Phi) is 9.65. The van der Waals surface area contributed by atoms with Crippen LogP contribution in [0.1, 0.15) is 48.2 Å². The number of hydrogen-bond donors (Lipinski definition) is 1. The van der Waals surface area contributed by atoms with Gasteiger partial charge in [-0.05, 0) is 92.3 Å². The summed E-state index contributed by atoms with van der Waals surface area (Å²) in [7, 11) is 0. The molecule has 1 atom stereocenters. The number of esters is 1. The summed E-state index contributed by atoms with van der Waals surface area (Å²) in [5, 5.41) is 12.0. The van der Waals surface area contributed by atoms with E-state index >= 15 is 0 Å². The number of halogens is 3. The smallest absolute Gasteiger partial charge is 0.338 e. The van der Waals surface area contributed by atoms with E-state index in [1.165, 1.54) is 24.3 Å². The van der Waals surface area contributed by atoms with Gasteiger partial charge >= 0.3 is 5.97 Å². The molecule has 0 spiro atoms. The van der Waals surface area contributed by atoms with Crippen LogP contribution in [-0.4, -0.2) is 41.9 Å². The van der Waals surface area contributed by atoms with E-state index in [0.29, 0.717) is 55.0 Å². The van der Waals surface area contributed by atoms with Crippen LogP contribution in [0, 0.1) is 17.6 Å². The van der Waals surface area contributed by atoms with Crippen molar-refractivity contribution in [2.45, 2.75) is 38.5 Å². The van der Waals surface area contributed by atoms with Crippen molar-refractivity contribution in [3.63, 3.8) is 0 Å². The molecule has 8 heteroatoms. The SMILES string of the molecule is CCOC(=O)c1ccc(OC(C)N2CCC(C(O)(c3ccc(F)cc3)c3ccc(F)cc3)CC2)cc1.Cl. The van der Waals surface area contributed by atoms with Gasteiger partial charge in [-0.3, -0.25) is 4.90 Å². The lowest BCUT2D eigenvalue weighted by atomic mass is 9.72. The minimum absolute atomic E-state index is 0. The summed E-state index contributed by atoms with van der Waals surface area (Å²) in [6.45, 7) is 5.41. The second kappa shape index (κ2) is 12.5. The van der Waals surface area contributed by atoms with E-state index in [9.17, 15) is 18.7 Å². The monoisotopic (exact) mass is 531 g/mol. The molecule has 1 aliphatic rings. The fourth-order valence-electron chi connectivity index (χ4n) is 4.88. The number of carbonyl (C=O) groups is 1.